The molecule has 0 saturated carbocycles. The molecule has 0 bridgehead atoms. The Morgan fingerprint density at radius 3 is 1.89 bits per heavy atom. The number of esters is 1. The maximum absolute atomic E-state index is 12.7. The highest BCUT2D eigenvalue weighted by Crippen LogP contribution is 2.28. The van der Waals surface area contributed by atoms with Crippen LogP contribution in [0.25, 0.3) is 6.08 Å². The Labute approximate surface area is 216 Å². The van der Waals surface area contributed by atoms with Gasteiger partial charge in [-0.15, -0.1) is 0 Å². The highest BCUT2D eigenvalue weighted by Gasteiger charge is 2.16. The largest absolute Gasteiger partial charge is 0.489 e. The summed E-state index contributed by atoms with van der Waals surface area (Å²) in [4.78, 5) is 25.3. The van der Waals surface area contributed by atoms with Crippen LogP contribution in [0, 0.1) is 0 Å². The summed E-state index contributed by atoms with van der Waals surface area (Å²) in [6.07, 6.45) is 1.54. The van der Waals surface area contributed by atoms with Crippen molar-refractivity contribution in [1.82, 2.24) is 5.32 Å². The molecule has 0 atom stereocenters. The lowest BCUT2D eigenvalue weighted by Gasteiger charge is -2.14. The molecule has 4 aromatic rings. The van der Waals surface area contributed by atoms with E-state index in [0.717, 1.165) is 11.1 Å². The molecule has 0 aliphatic rings. The van der Waals surface area contributed by atoms with Crippen LogP contribution >= 0.6 is 0 Å². The van der Waals surface area contributed by atoms with E-state index in [1.807, 2.05) is 66.7 Å². The van der Waals surface area contributed by atoms with Crippen LogP contribution in [0.15, 0.2) is 115 Å². The zero-order valence-corrected chi connectivity index (χ0v) is 20.4. The fraction of sp³-hybridized carbons (Fsp3) is 0.0968. The molecule has 4 aromatic carbocycles. The Morgan fingerprint density at radius 2 is 1.30 bits per heavy atom. The van der Waals surface area contributed by atoms with Gasteiger partial charge in [-0.3, -0.25) is 4.79 Å². The van der Waals surface area contributed by atoms with Crippen LogP contribution in [-0.4, -0.2) is 19.0 Å². The number of carbonyl (C=O) groups excluding carboxylic acids is 2. The van der Waals surface area contributed by atoms with Crippen LogP contribution in [0.2, 0.25) is 0 Å². The summed E-state index contributed by atoms with van der Waals surface area (Å²) in [5, 5.41) is 2.66. The van der Waals surface area contributed by atoms with Gasteiger partial charge in [-0.1, -0.05) is 78.9 Å². The van der Waals surface area contributed by atoms with Gasteiger partial charge in [-0.05, 0) is 41.5 Å². The first kappa shape index (κ1) is 25.3. The summed E-state index contributed by atoms with van der Waals surface area (Å²) in [7, 11) is 1.26. The molecule has 0 aliphatic heterocycles. The minimum absolute atomic E-state index is 0.0149. The number of ether oxygens (including phenoxy) is 3. The third kappa shape index (κ3) is 7.32. The van der Waals surface area contributed by atoms with Crippen molar-refractivity contribution in [2.45, 2.75) is 13.2 Å². The van der Waals surface area contributed by atoms with Gasteiger partial charge in [0.25, 0.3) is 5.91 Å². The van der Waals surface area contributed by atoms with E-state index in [1.165, 1.54) is 13.2 Å². The summed E-state index contributed by atoms with van der Waals surface area (Å²) in [5.41, 5.74) is 3.01. The second-order valence-electron chi connectivity index (χ2n) is 8.12. The number of carbonyl (C=O) groups is 2. The molecule has 37 heavy (non-hydrogen) atoms. The molecular weight excluding hydrogens is 466 g/mol. The van der Waals surface area contributed by atoms with E-state index in [0.29, 0.717) is 35.8 Å². The smallest absolute Gasteiger partial charge is 0.354 e. The maximum Gasteiger partial charge on any atom is 0.354 e. The number of amides is 1. The van der Waals surface area contributed by atoms with Crippen LogP contribution in [0.4, 0.5) is 0 Å². The molecule has 6 heteroatoms. The molecule has 6 nitrogen and oxygen atoms in total. The molecule has 1 amide bonds. The average molecular weight is 494 g/mol. The lowest BCUT2D eigenvalue weighted by molar-refractivity contribution is -0.136. The number of hydrogen-bond donors (Lipinski definition) is 1. The fourth-order valence-electron chi connectivity index (χ4n) is 3.52. The van der Waals surface area contributed by atoms with E-state index < -0.39 is 11.9 Å². The molecule has 0 aromatic heterocycles. The molecule has 0 aliphatic carbocycles. The van der Waals surface area contributed by atoms with Crippen molar-refractivity contribution in [2.24, 2.45) is 0 Å². The van der Waals surface area contributed by atoms with E-state index in [-0.39, 0.29) is 5.70 Å². The standard InChI is InChI=1S/C31H27NO5/c1-35-31(34)28(32-30(33)25-15-9-4-10-16-25)19-26-17-18-27(36-21-23-11-5-2-6-12-23)20-29(26)37-22-24-13-7-3-8-14-24/h2-20H,21-22H2,1H3,(H,32,33). The van der Waals surface area contributed by atoms with Gasteiger partial charge >= 0.3 is 5.97 Å². The zero-order valence-electron chi connectivity index (χ0n) is 20.4. The van der Waals surface area contributed by atoms with Gasteiger partial charge in [-0.25, -0.2) is 4.79 Å². The van der Waals surface area contributed by atoms with Gasteiger partial charge in [0.05, 0.1) is 7.11 Å². The Morgan fingerprint density at radius 1 is 0.730 bits per heavy atom. The third-order valence-corrected chi connectivity index (χ3v) is 5.46. The third-order valence-electron chi connectivity index (χ3n) is 5.46. The predicted molar refractivity (Wildman–Crippen MR) is 142 cm³/mol. The van der Waals surface area contributed by atoms with E-state index >= 15 is 0 Å². The van der Waals surface area contributed by atoms with E-state index in [9.17, 15) is 9.59 Å². The second kappa shape index (κ2) is 12.7. The Balaban J connectivity index is 1.62. The van der Waals surface area contributed by atoms with Crippen molar-refractivity contribution >= 4 is 18.0 Å². The highest BCUT2D eigenvalue weighted by atomic mass is 16.5. The normalized spacial score (nSPS) is 10.9. The number of methoxy groups -OCH3 is 1. The Hall–Kier alpha value is -4.84. The SMILES string of the molecule is COC(=O)C(=Cc1ccc(OCc2ccccc2)cc1OCc1ccccc1)NC(=O)c1ccccc1. The molecule has 4 rings (SSSR count). The van der Waals surface area contributed by atoms with E-state index in [4.69, 9.17) is 14.2 Å². The molecular formula is C31H27NO5. The Bertz CT molecular complexity index is 1350. The van der Waals surface area contributed by atoms with Crippen molar-refractivity contribution in [1.29, 1.82) is 0 Å². The van der Waals surface area contributed by atoms with Gasteiger partial charge < -0.3 is 19.5 Å². The lowest BCUT2D eigenvalue weighted by atomic mass is 10.1. The minimum atomic E-state index is -0.678. The first-order valence-corrected chi connectivity index (χ1v) is 11.8. The van der Waals surface area contributed by atoms with Crippen molar-refractivity contribution in [3.05, 3.63) is 137 Å². The first-order valence-electron chi connectivity index (χ1n) is 11.8. The molecule has 1 N–H and O–H groups in total. The van der Waals surface area contributed by atoms with Crippen LogP contribution in [0.1, 0.15) is 27.0 Å². The number of rotatable bonds is 10. The van der Waals surface area contributed by atoms with Crippen LogP contribution in [0.5, 0.6) is 11.5 Å². The van der Waals surface area contributed by atoms with E-state index in [1.54, 1.807) is 42.5 Å². The molecule has 0 spiro atoms. The van der Waals surface area contributed by atoms with Gasteiger partial charge in [-0.2, -0.15) is 0 Å². The fourth-order valence-corrected chi connectivity index (χ4v) is 3.52. The van der Waals surface area contributed by atoms with Crippen molar-refractivity contribution in [2.75, 3.05) is 7.11 Å². The summed E-state index contributed by atoms with van der Waals surface area (Å²) < 4.78 is 17.0. The zero-order chi connectivity index (χ0) is 25.9. The lowest BCUT2D eigenvalue weighted by Crippen LogP contribution is -2.28. The van der Waals surface area contributed by atoms with Gasteiger partial charge in [0.1, 0.15) is 30.4 Å². The summed E-state index contributed by atoms with van der Waals surface area (Å²) in [6, 6.07) is 33.6. The minimum Gasteiger partial charge on any atom is -0.489 e. The Kier molecular flexibility index (Phi) is 8.70. The van der Waals surface area contributed by atoms with Crippen molar-refractivity contribution in [3.63, 3.8) is 0 Å². The molecule has 0 saturated heterocycles. The van der Waals surface area contributed by atoms with E-state index in [2.05, 4.69) is 5.32 Å². The van der Waals surface area contributed by atoms with Crippen molar-refractivity contribution in [3.8, 4) is 11.5 Å². The maximum atomic E-state index is 12.7. The molecule has 0 fully saturated rings. The topological polar surface area (TPSA) is 73.9 Å². The van der Waals surface area contributed by atoms with Crippen molar-refractivity contribution < 1.29 is 23.8 Å². The quantitative estimate of drug-likeness (QED) is 0.224. The molecule has 0 heterocycles. The molecule has 0 radical (unpaired) electrons. The molecule has 186 valence electrons. The molecule has 0 unspecified atom stereocenters. The van der Waals surface area contributed by atoms with Gasteiger partial charge in [0.2, 0.25) is 0 Å². The number of benzene rings is 4. The summed E-state index contributed by atoms with van der Waals surface area (Å²) in [6.45, 7) is 0.711. The van der Waals surface area contributed by atoms with Gasteiger partial charge in [0.15, 0.2) is 0 Å². The second-order valence-corrected chi connectivity index (χ2v) is 8.12. The predicted octanol–water partition coefficient (Wildman–Crippen LogP) is 5.79. The summed E-state index contributed by atoms with van der Waals surface area (Å²) >= 11 is 0. The number of nitrogens with one attached hydrogen (secondary N) is 1. The average Bonchev–Trinajstić information content (AvgIpc) is 2.96. The van der Waals surface area contributed by atoms with Crippen LogP contribution < -0.4 is 14.8 Å². The monoisotopic (exact) mass is 493 g/mol. The highest BCUT2D eigenvalue weighted by molar-refractivity contribution is 6.03. The first-order chi connectivity index (χ1) is 18.1. The van der Waals surface area contributed by atoms with Crippen LogP contribution in [0.3, 0.4) is 0 Å². The van der Waals surface area contributed by atoms with Gasteiger partial charge in [0, 0.05) is 17.2 Å². The number of hydrogen-bond acceptors (Lipinski definition) is 5. The summed E-state index contributed by atoms with van der Waals surface area (Å²) in [5.74, 6) is -0.00343. The van der Waals surface area contributed by atoms with Crippen LogP contribution in [-0.2, 0) is 22.7 Å².